The van der Waals surface area contributed by atoms with Crippen LogP contribution in [0.5, 0.6) is 0 Å². The number of nitrogens with one attached hydrogen (secondary N) is 2. The molecule has 0 saturated heterocycles. The Labute approximate surface area is 106 Å². The van der Waals surface area contributed by atoms with E-state index in [4.69, 9.17) is 10.5 Å². The lowest BCUT2D eigenvalue weighted by Crippen LogP contribution is -2.39. The molecule has 0 saturated carbocycles. The van der Waals surface area contributed by atoms with E-state index in [2.05, 4.69) is 20.6 Å². The van der Waals surface area contributed by atoms with Crippen molar-refractivity contribution in [3.8, 4) is 0 Å². The number of aromatic nitrogens is 2. The van der Waals surface area contributed by atoms with Gasteiger partial charge in [-0.3, -0.25) is 4.79 Å². The van der Waals surface area contributed by atoms with Crippen LogP contribution in [0.2, 0.25) is 0 Å². The third-order valence-corrected chi connectivity index (χ3v) is 2.47. The van der Waals surface area contributed by atoms with Gasteiger partial charge in [0.1, 0.15) is 24.0 Å². The summed E-state index contributed by atoms with van der Waals surface area (Å²) in [7, 11) is 1.58. The monoisotopic (exact) mass is 253 g/mol. The number of ether oxygens (including phenoxy) is 1. The van der Waals surface area contributed by atoms with Crippen molar-refractivity contribution < 1.29 is 9.53 Å². The van der Waals surface area contributed by atoms with E-state index in [1.54, 1.807) is 21.0 Å². The van der Waals surface area contributed by atoms with Crippen LogP contribution in [0.25, 0.3) is 0 Å². The molecule has 0 bridgehead atoms. The summed E-state index contributed by atoms with van der Waals surface area (Å²) in [5, 5.41) is 5.73. The largest absolute Gasteiger partial charge is 0.383 e. The highest BCUT2D eigenvalue weighted by molar-refractivity contribution is 5.84. The molecule has 1 rings (SSSR count). The Morgan fingerprint density at radius 3 is 2.94 bits per heavy atom. The van der Waals surface area contributed by atoms with Gasteiger partial charge in [0, 0.05) is 19.2 Å². The predicted octanol–water partition coefficient (Wildman–Crippen LogP) is -0.0698. The van der Waals surface area contributed by atoms with Crippen LogP contribution >= 0.6 is 0 Å². The van der Waals surface area contributed by atoms with Crippen molar-refractivity contribution in [3.05, 3.63) is 11.9 Å². The SMILES string of the molecule is COCCNC(=O)C(C)Nc1ncnc(N)c1C. The van der Waals surface area contributed by atoms with Crippen LogP contribution in [-0.4, -0.2) is 42.2 Å². The second-order valence-corrected chi connectivity index (χ2v) is 3.88. The summed E-state index contributed by atoms with van der Waals surface area (Å²) < 4.78 is 4.85. The smallest absolute Gasteiger partial charge is 0.242 e. The number of nitrogen functional groups attached to an aromatic ring is 1. The van der Waals surface area contributed by atoms with Crippen molar-refractivity contribution in [3.63, 3.8) is 0 Å². The summed E-state index contributed by atoms with van der Waals surface area (Å²) in [4.78, 5) is 19.6. The second kappa shape index (κ2) is 6.75. The molecule has 0 aromatic carbocycles. The number of amides is 1. The van der Waals surface area contributed by atoms with Gasteiger partial charge in [-0.1, -0.05) is 0 Å². The fourth-order valence-electron chi connectivity index (χ4n) is 1.31. The number of rotatable bonds is 6. The first-order valence-electron chi connectivity index (χ1n) is 5.66. The Balaban J connectivity index is 2.56. The normalized spacial score (nSPS) is 11.9. The molecule has 0 aliphatic heterocycles. The van der Waals surface area contributed by atoms with Crippen molar-refractivity contribution in [2.45, 2.75) is 19.9 Å². The molecule has 4 N–H and O–H groups in total. The van der Waals surface area contributed by atoms with Crippen molar-refractivity contribution in [2.75, 3.05) is 31.3 Å². The van der Waals surface area contributed by atoms with E-state index in [1.807, 2.05) is 0 Å². The number of carbonyl (C=O) groups excluding carboxylic acids is 1. The Kier molecular flexibility index (Phi) is 5.31. The van der Waals surface area contributed by atoms with Gasteiger partial charge in [-0.25, -0.2) is 9.97 Å². The van der Waals surface area contributed by atoms with Gasteiger partial charge in [0.25, 0.3) is 0 Å². The van der Waals surface area contributed by atoms with Gasteiger partial charge >= 0.3 is 0 Å². The summed E-state index contributed by atoms with van der Waals surface area (Å²) in [6.45, 7) is 4.51. The van der Waals surface area contributed by atoms with Crippen molar-refractivity contribution >= 4 is 17.5 Å². The number of hydrogen-bond donors (Lipinski definition) is 3. The molecule has 1 aromatic rings. The molecule has 0 spiro atoms. The molecule has 0 aliphatic carbocycles. The number of nitrogens with zero attached hydrogens (tertiary/aromatic N) is 2. The Hall–Kier alpha value is -1.89. The molecule has 0 radical (unpaired) electrons. The summed E-state index contributed by atoms with van der Waals surface area (Å²) >= 11 is 0. The van der Waals surface area contributed by atoms with Gasteiger partial charge in [-0.15, -0.1) is 0 Å². The highest BCUT2D eigenvalue weighted by Crippen LogP contribution is 2.15. The van der Waals surface area contributed by atoms with Gasteiger partial charge < -0.3 is 21.1 Å². The standard InChI is InChI=1S/C11H19N5O2/c1-7-9(12)14-6-15-10(7)16-8(2)11(17)13-4-5-18-3/h6,8H,4-5H2,1-3H3,(H,13,17)(H3,12,14,15,16). The summed E-state index contributed by atoms with van der Waals surface area (Å²) in [6.07, 6.45) is 1.36. The maximum Gasteiger partial charge on any atom is 0.242 e. The number of hydrogen-bond acceptors (Lipinski definition) is 6. The lowest BCUT2D eigenvalue weighted by atomic mass is 10.2. The minimum atomic E-state index is -0.408. The minimum absolute atomic E-state index is 0.122. The molecule has 1 aromatic heterocycles. The topological polar surface area (TPSA) is 102 Å². The van der Waals surface area contributed by atoms with Crippen molar-refractivity contribution in [1.29, 1.82) is 0 Å². The van der Waals surface area contributed by atoms with Crippen LogP contribution in [0.15, 0.2) is 6.33 Å². The molecule has 18 heavy (non-hydrogen) atoms. The lowest BCUT2D eigenvalue weighted by Gasteiger charge is -2.16. The summed E-state index contributed by atoms with van der Waals surface area (Å²) in [5.41, 5.74) is 6.39. The van der Waals surface area contributed by atoms with Gasteiger partial charge in [0.15, 0.2) is 0 Å². The maximum atomic E-state index is 11.7. The highest BCUT2D eigenvalue weighted by atomic mass is 16.5. The molecule has 0 fully saturated rings. The second-order valence-electron chi connectivity index (χ2n) is 3.88. The third-order valence-electron chi connectivity index (χ3n) is 2.47. The van der Waals surface area contributed by atoms with Crippen molar-refractivity contribution in [1.82, 2.24) is 15.3 Å². The predicted molar refractivity (Wildman–Crippen MR) is 69.2 cm³/mol. The number of carbonyl (C=O) groups is 1. The van der Waals surface area contributed by atoms with Crippen LogP contribution in [0.1, 0.15) is 12.5 Å². The average Bonchev–Trinajstić information content (AvgIpc) is 2.35. The molecular formula is C11H19N5O2. The molecule has 100 valence electrons. The van der Waals surface area contributed by atoms with E-state index >= 15 is 0 Å². The van der Waals surface area contributed by atoms with Gasteiger partial charge in [-0.05, 0) is 13.8 Å². The molecule has 1 unspecified atom stereocenters. The fraction of sp³-hybridized carbons (Fsp3) is 0.545. The zero-order valence-electron chi connectivity index (χ0n) is 10.9. The van der Waals surface area contributed by atoms with Crippen molar-refractivity contribution in [2.24, 2.45) is 0 Å². The van der Waals surface area contributed by atoms with Crippen LogP contribution in [0, 0.1) is 6.92 Å². The van der Waals surface area contributed by atoms with E-state index in [1.165, 1.54) is 6.33 Å². The Morgan fingerprint density at radius 2 is 2.28 bits per heavy atom. The summed E-state index contributed by atoms with van der Waals surface area (Å²) in [6, 6.07) is -0.408. The molecule has 1 heterocycles. The first-order chi connectivity index (χ1) is 8.56. The van der Waals surface area contributed by atoms with E-state index in [-0.39, 0.29) is 5.91 Å². The third kappa shape index (κ3) is 3.85. The van der Waals surface area contributed by atoms with Crippen LogP contribution in [-0.2, 0) is 9.53 Å². The minimum Gasteiger partial charge on any atom is -0.383 e. The molecule has 7 nitrogen and oxygen atoms in total. The van der Waals surface area contributed by atoms with E-state index in [0.717, 1.165) is 5.56 Å². The molecule has 7 heteroatoms. The zero-order valence-corrected chi connectivity index (χ0v) is 10.9. The van der Waals surface area contributed by atoms with E-state index in [0.29, 0.717) is 24.8 Å². The molecule has 0 aliphatic rings. The van der Waals surface area contributed by atoms with Crippen LogP contribution < -0.4 is 16.4 Å². The quantitative estimate of drug-likeness (QED) is 0.613. The van der Waals surface area contributed by atoms with Crippen LogP contribution in [0.3, 0.4) is 0 Å². The fourth-order valence-corrected chi connectivity index (χ4v) is 1.31. The first kappa shape index (κ1) is 14.2. The summed E-state index contributed by atoms with van der Waals surface area (Å²) in [5.74, 6) is 0.847. The highest BCUT2D eigenvalue weighted by Gasteiger charge is 2.14. The number of nitrogens with two attached hydrogens (primary N) is 1. The van der Waals surface area contributed by atoms with Crippen LogP contribution in [0.4, 0.5) is 11.6 Å². The molecular weight excluding hydrogens is 234 g/mol. The lowest BCUT2D eigenvalue weighted by molar-refractivity contribution is -0.121. The van der Waals surface area contributed by atoms with Gasteiger partial charge in [0.2, 0.25) is 5.91 Å². The number of anilines is 2. The number of methoxy groups -OCH3 is 1. The Morgan fingerprint density at radius 1 is 1.56 bits per heavy atom. The van der Waals surface area contributed by atoms with E-state index < -0.39 is 6.04 Å². The zero-order chi connectivity index (χ0) is 13.5. The molecule has 1 amide bonds. The van der Waals surface area contributed by atoms with Gasteiger partial charge in [0.05, 0.1) is 6.61 Å². The Bertz CT molecular complexity index is 410. The maximum absolute atomic E-state index is 11.7. The molecule has 1 atom stereocenters. The van der Waals surface area contributed by atoms with E-state index in [9.17, 15) is 4.79 Å². The first-order valence-corrected chi connectivity index (χ1v) is 5.66. The average molecular weight is 253 g/mol. The van der Waals surface area contributed by atoms with Gasteiger partial charge in [-0.2, -0.15) is 0 Å².